The summed E-state index contributed by atoms with van der Waals surface area (Å²) in [6.45, 7) is 0. The van der Waals surface area contributed by atoms with Crippen LogP contribution < -0.4 is 9.80 Å². The van der Waals surface area contributed by atoms with Crippen LogP contribution in [-0.2, 0) is 0 Å². The average Bonchev–Trinajstić information content (AvgIpc) is 3.30. The van der Waals surface area contributed by atoms with Crippen LogP contribution in [0.5, 0.6) is 0 Å². The van der Waals surface area contributed by atoms with Crippen LogP contribution in [-0.4, -0.2) is 23.6 Å². The highest BCUT2D eigenvalue weighted by Crippen LogP contribution is 2.34. The summed E-state index contributed by atoms with van der Waals surface area (Å²) < 4.78 is 0. The van der Waals surface area contributed by atoms with Crippen LogP contribution in [0, 0.1) is 0 Å². The average molecular weight is 477 g/mol. The van der Waals surface area contributed by atoms with Gasteiger partial charge in [-0.2, -0.15) is 0 Å². The van der Waals surface area contributed by atoms with Crippen molar-refractivity contribution in [3.05, 3.63) is 119 Å². The molecule has 6 nitrogen and oxygen atoms in total. The van der Waals surface area contributed by atoms with Crippen LogP contribution in [0.4, 0.5) is 11.4 Å². The van der Waals surface area contributed by atoms with E-state index >= 15 is 0 Å². The second-order valence-corrected chi connectivity index (χ2v) is 9.22. The fraction of sp³-hybridized carbons (Fsp3) is 0. The third-order valence-corrected chi connectivity index (χ3v) is 7.03. The molecule has 2 aliphatic heterocycles. The molecule has 7 heteroatoms. The van der Waals surface area contributed by atoms with E-state index in [-0.39, 0.29) is 23.6 Å². The summed E-state index contributed by atoms with van der Waals surface area (Å²) in [4.78, 5) is 55.0. The molecule has 0 radical (unpaired) electrons. The third-order valence-electron chi connectivity index (χ3n) is 6.01. The molecule has 4 aromatic carbocycles. The number of hydrogen-bond donors (Lipinski definition) is 0. The first kappa shape index (κ1) is 21.1. The van der Waals surface area contributed by atoms with Crippen molar-refractivity contribution in [2.75, 3.05) is 9.80 Å². The smallest absolute Gasteiger partial charge is 0.266 e. The number of carbonyl (C=O) groups excluding carboxylic acids is 4. The number of carbonyl (C=O) groups is 4. The van der Waals surface area contributed by atoms with Crippen molar-refractivity contribution in [2.45, 2.75) is 9.79 Å². The van der Waals surface area contributed by atoms with Gasteiger partial charge in [-0.15, -0.1) is 0 Å². The number of hydrogen-bond acceptors (Lipinski definition) is 5. The number of amides is 4. The zero-order chi connectivity index (χ0) is 24.1. The first-order valence-electron chi connectivity index (χ1n) is 10.9. The lowest BCUT2D eigenvalue weighted by Crippen LogP contribution is -2.29. The quantitative estimate of drug-likeness (QED) is 0.367. The molecular weight excluding hydrogens is 460 g/mol. The standard InChI is InChI=1S/C28H16N2O4S/c31-25-21-5-1-2-6-22(21)26(32)29(25)17-9-13-19(14-10-17)35-20-15-11-18(12-16-20)30-27(33)23-7-3-4-8-24(23)28(30)34/h1-16H. The molecule has 0 unspecified atom stereocenters. The maximum absolute atomic E-state index is 12.7. The Morgan fingerprint density at radius 2 is 0.686 bits per heavy atom. The third kappa shape index (κ3) is 3.36. The molecule has 0 N–H and O–H groups in total. The highest BCUT2D eigenvalue weighted by atomic mass is 32.2. The predicted molar refractivity (Wildman–Crippen MR) is 132 cm³/mol. The van der Waals surface area contributed by atoms with Crippen LogP contribution in [0.25, 0.3) is 0 Å². The van der Waals surface area contributed by atoms with Crippen molar-refractivity contribution >= 4 is 46.8 Å². The van der Waals surface area contributed by atoms with Gasteiger partial charge in [-0.1, -0.05) is 36.0 Å². The van der Waals surface area contributed by atoms with E-state index in [2.05, 4.69) is 0 Å². The van der Waals surface area contributed by atoms with Gasteiger partial charge < -0.3 is 0 Å². The number of benzene rings is 4. The molecule has 0 spiro atoms. The molecule has 35 heavy (non-hydrogen) atoms. The van der Waals surface area contributed by atoms with Crippen molar-refractivity contribution in [1.29, 1.82) is 0 Å². The first-order valence-corrected chi connectivity index (χ1v) is 11.7. The van der Waals surface area contributed by atoms with E-state index in [1.165, 1.54) is 21.6 Å². The Labute approximate surface area is 204 Å². The number of imide groups is 2. The summed E-state index contributed by atoms with van der Waals surface area (Å²) in [5.74, 6) is -1.30. The lowest BCUT2D eigenvalue weighted by molar-refractivity contribution is 0.0910. The Bertz CT molecular complexity index is 1360. The zero-order valence-electron chi connectivity index (χ0n) is 18.2. The van der Waals surface area contributed by atoms with Crippen LogP contribution in [0.1, 0.15) is 41.4 Å². The SMILES string of the molecule is O=C1c2ccccc2C(=O)N1c1ccc(Sc2ccc(N3C(=O)c4ccccc4C3=O)cc2)cc1. The Morgan fingerprint density at radius 3 is 0.971 bits per heavy atom. The molecule has 2 aliphatic rings. The van der Waals surface area contributed by atoms with E-state index in [1.54, 1.807) is 72.8 Å². The summed E-state index contributed by atoms with van der Waals surface area (Å²) in [5, 5.41) is 0. The molecule has 4 amide bonds. The van der Waals surface area contributed by atoms with Gasteiger partial charge >= 0.3 is 0 Å². The molecule has 168 valence electrons. The Hall–Kier alpha value is -4.49. The Balaban J connectivity index is 1.18. The topological polar surface area (TPSA) is 74.8 Å². The minimum atomic E-state index is -0.324. The van der Waals surface area contributed by atoms with Gasteiger partial charge in [0.25, 0.3) is 23.6 Å². The first-order chi connectivity index (χ1) is 17.0. The highest BCUT2D eigenvalue weighted by Gasteiger charge is 2.37. The largest absolute Gasteiger partial charge is 0.268 e. The molecular formula is C28H16N2O4S. The Morgan fingerprint density at radius 1 is 0.400 bits per heavy atom. The van der Waals surface area contributed by atoms with E-state index in [9.17, 15) is 19.2 Å². The Kier molecular flexibility index (Phi) is 4.86. The molecule has 0 bridgehead atoms. The van der Waals surface area contributed by atoms with Crippen molar-refractivity contribution in [3.8, 4) is 0 Å². The lowest BCUT2D eigenvalue weighted by Gasteiger charge is -2.15. The van der Waals surface area contributed by atoms with E-state index < -0.39 is 0 Å². The van der Waals surface area contributed by atoms with Gasteiger partial charge in [0.1, 0.15) is 0 Å². The molecule has 4 aromatic rings. The summed E-state index contributed by atoms with van der Waals surface area (Å²) in [7, 11) is 0. The monoisotopic (exact) mass is 476 g/mol. The summed E-state index contributed by atoms with van der Waals surface area (Å²) in [6.07, 6.45) is 0. The van der Waals surface area contributed by atoms with Crippen molar-refractivity contribution in [3.63, 3.8) is 0 Å². The fourth-order valence-electron chi connectivity index (χ4n) is 4.31. The molecule has 2 heterocycles. The highest BCUT2D eigenvalue weighted by molar-refractivity contribution is 7.99. The van der Waals surface area contributed by atoms with E-state index in [0.29, 0.717) is 33.6 Å². The molecule has 0 saturated carbocycles. The molecule has 0 aliphatic carbocycles. The van der Waals surface area contributed by atoms with Crippen LogP contribution >= 0.6 is 11.8 Å². The second kappa shape index (κ2) is 8.07. The van der Waals surface area contributed by atoms with Crippen LogP contribution in [0.15, 0.2) is 107 Å². The van der Waals surface area contributed by atoms with Gasteiger partial charge in [-0.05, 0) is 72.8 Å². The van der Waals surface area contributed by atoms with Gasteiger partial charge in [0, 0.05) is 9.79 Å². The minimum absolute atomic E-state index is 0.324. The molecule has 6 rings (SSSR count). The lowest BCUT2D eigenvalue weighted by atomic mass is 10.1. The van der Waals surface area contributed by atoms with E-state index in [1.807, 2.05) is 24.3 Å². The van der Waals surface area contributed by atoms with Gasteiger partial charge in [-0.3, -0.25) is 19.2 Å². The normalized spacial score (nSPS) is 14.5. The van der Waals surface area contributed by atoms with E-state index in [4.69, 9.17) is 0 Å². The van der Waals surface area contributed by atoms with Crippen molar-refractivity contribution in [2.24, 2.45) is 0 Å². The number of nitrogens with zero attached hydrogens (tertiary/aromatic N) is 2. The van der Waals surface area contributed by atoms with Crippen LogP contribution in [0.2, 0.25) is 0 Å². The number of anilines is 2. The molecule has 0 aromatic heterocycles. The number of fused-ring (bicyclic) bond motifs is 2. The zero-order valence-corrected chi connectivity index (χ0v) is 19.0. The molecule has 0 saturated heterocycles. The number of rotatable bonds is 4. The van der Waals surface area contributed by atoms with Gasteiger partial charge in [0.05, 0.1) is 33.6 Å². The van der Waals surface area contributed by atoms with Gasteiger partial charge in [0.2, 0.25) is 0 Å². The van der Waals surface area contributed by atoms with Crippen molar-refractivity contribution < 1.29 is 19.2 Å². The maximum Gasteiger partial charge on any atom is 0.266 e. The fourth-order valence-corrected chi connectivity index (χ4v) is 5.13. The summed E-state index contributed by atoms with van der Waals surface area (Å²) in [6, 6.07) is 28.0. The molecule has 0 fully saturated rings. The van der Waals surface area contributed by atoms with E-state index in [0.717, 1.165) is 9.79 Å². The van der Waals surface area contributed by atoms with Crippen molar-refractivity contribution in [1.82, 2.24) is 0 Å². The predicted octanol–water partition coefficient (Wildman–Crippen LogP) is 5.44. The summed E-state index contributed by atoms with van der Waals surface area (Å²) >= 11 is 1.49. The van der Waals surface area contributed by atoms with Gasteiger partial charge in [-0.25, -0.2) is 9.80 Å². The summed E-state index contributed by atoms with van der Waals surface area (Å²) in [5.41, 5.74) is 2.68. The second-order valence-electron chi connectivity index (χ2n) is 8.07. The maximum atomic E-state index is 12.7. The van der Waals surface area contributed by atoms with Crippen LogP contribution in [0.3, 0.4) is 0 Å². The minimum Gasteiger partial charge on any atom is -0.268 e. The van der Waals surface area contributed by atoms with Gasteiger partial charge in [0.15, 0.2) is 0 Å². The molecule has 0 atom stereocenters.